The van der Waals surface area contributed by atoms with E-state index in [9.17, 15) is 4.79 Å². The minimum absolute atomic E-state index is 0.240. The van der Waals surface area contributed by atoms with Crippen LogP contribution in [0.15, 0.2) is 30.3 Å². The SMILES string of the molecule is CC=Cc1ccccc1CCCC(=O)O. The third-order valence-electron chi connectivity index (χ3n) is 2.24. The van der Waals surface area contributed by atoms with E-state index in [-0.39, 0.29) is 6.42 Å². The lowest BCUT2D eigenvalue weighted by Crippen LogP contribution is -1.96. The van der Waals surface area contributed by atoms with Gasteiger partial charge in [0.25, 0.3) is 0 Å². The van der Waals surface area contributed by atoms with Gasteiger partial charge in [-0.2, -0.15) is 0 Å². The van der Waals surface area contributed by atoms with E-state index in [4.69, 9.17) is 5.11 Å². The molecule has 80 valence electrons. The van der Waals surface area contributed by atoms with Crippen LogP contribution in [0.5, 0.6) is 0 Å². The van der Waals surface area contributed by atoms with E-state index in [1.54, 1.807) is 0 Å². The molecule has 0 atom stereocenters. The van der Waals surface area contributed by atoms with Crippen LogP contribution in [0.1, 0.15) is 30.9 Å². The number of aliphatic carboxylic acids is 1. The average Bonchev–Trinajstić information content (AvgIpc) is 2.20. The smallest absolute Gasteiger partial charge is 0.303 e. The second kappa shape index (κ2) is 6.02. The molecule has 0 aliphatic rings. The molecule has 1 N–H and O–H groups in total. The zero-order valence-electron chi connectivity index (χ0n) is 8.94. The highest BCUT2D eigenvalue weighted by Crippen LogP contribution is 2.13. The summed E-state index contributed by atoms with van der Waals surface area (Å²) in [5.74, 6) is -0.724. The monoisotopic (exact) mass is 204 g/mol. The van der Waals surface area contributed by atoms with Crippen molar-refractivity contribution in [3.63, 3.8) is 0 Å². The molecule has 15 heavy (non-hydrogen) atoms. The van der Waals surface area contributed by atoms with E-state index in [2.05, 4.69) is 18.2 Å². The lowest BCUT2D eigenvalue weighted by Gasteiger charge is -2.04. The Morgan fingerprint density at radius 3 is 2.80 bits per heavy atom. The molecule has 0 heterocycles. The van der Waals surface area contributed by atoms with Gasteiger partial charge >= 0.3 is 5.97 Å². The highest BCUT2D eigenvalue weighted by molar-refractivity contribution is 5.66. The molecule has 0 unspecified atom stereocenters. The van der Waals surface area contributed by atoms with Crippen molar-refractivity contribution in [1.29, 1.82) is 0 Å². The Labute approximate surface area is 90.3 Å². The number of hydrogen-bond acceptors (Lipinski definition) is 1. The average molecular weight is 204 g/mol. The van der Waals surface area contributed by atoms with Crippen LogP contribution >= 0.6 is 0 Å². The van der Waals surface area contributed by atoms with E-state index >= 15 is 0 Å². The van der Waals surface area contributed by atoms with Crippen molar-refractivity contribution in [1.82, 2.24) is 0 Å². The first-order valence-corrected chi connectivity index (χ1v) is 5.16. The summed E-state index contributed by atoms with van der Waals surface area (Å²) in [7, 11) is 0. The summed E-state index contributed by atoms with van der Waals surface area (Å²) in [6.45, 7) is 1.98. The molecule has 0 saturated heterocycles. The lowest BCUT2D eigenvalue weighted by atomic mass is 10.0. The van der Waals surface area contributed by atoms with Crippen LogP contribution < -0.4 is 0 Å². The Morgan fingerprint density at radius 2 is 2.13 bits per heavy atom. The second-order valence-electron chi connectivity index (χ2n) is 3.45. The quantitative estimate of drug-likeness (QED) is 0.800. The zero-order chi connectivity index (χ0) is 11.1. The van der Waals surface area contributed by atoms with Crippen molar-refractivity contribution >= 4 is 12.0 Å². The summed E-state index contributed by atoms with van der Waals surface area (Å²) in [5, 5.41) is 8.55. The van der Waals surface area contributed by atoms with Gasteiger partial charge in [-0.1, -0.05) is 36.4 Å². The van der Waals surface area contributed by atoms with Gasteiger partial charge in [0, 0.05) is 6.42 Å². The van der Waals surface area contributed by atoms with Gasteiger partial charge in [0.2, 0.25) is 0 Å². The number of carbonyl (C=O) groups is 1. The minimum Gasteiger partial charge on any atom is -0.481 e. The van der Waals surface area contributed by atoms with E-state index in [0.29, 0.717) is 6.42 Å². The minimum atomic E-state index is -0.724. The molecule has 0 amide bonds. The molecule has 0 radical (unpaired) electrons. The van der Waals surface area contributed by atoms with Crippen LogP contribution in [0.25, 0.3) is 6.08 Å². The van der Waals surface area contributed by atoms with Gasteiger partial charge in [-0.15, -0.1) is 0 Å². The molecule has 0 aliphatic carbocycles. The zero-order valence-corrected chi connectivity index (χ0v) is 8.94. The number of carboxylic acid groups (broad SMARTS) is 1. The Hall–Kier alpha value is -1.57. The van der Waals surface area contributed by atoms with Crippen LogP contribution in [-0.2, 0) is 11.2 Å². The predicted molar refractivity (Wildman–Crippen MR) is 61.7 cm³/mol. The van der Waals surface area contributed by atoms with Crippen molar-refractivity contribution in [3.05, 3.63) is 41.5 Å². The summed E-state index contributed by atoms with van der Waals surface area (Å²) in [4.78, 5) is 10.4. The fourth-order valence-corrected chi connectivity index (χ4v) is 1.53. The first-order chi connectivity index (χ1) is 7.24. The van der Waals surface area contributed by atoms with E-state index in [1.807, 2.05) is 25.1 Å². The molecule has 0 fully saturated rings. The molecule has 1 aromatic carbocycles. The van der Waals surface area contributed by atoms with Crippen molar-refractivity contribution < 1.29 is 9.90 Å². The molecular weight excluding hydrogens is 188 g/mol. The normalized spacial score (nSPS) is 10.7. The molecule has 1 rings (SSSR count). The molecule has 2 nitrogen and oxygen atoms in total. The molecule has 0 bridgehead atoms. The Kier molecular flexibility index (Phi) is 4.61. The summed E-state index contributed by atoms with van der Waals surface area (Å²) in [6.07, 6.45) is 5.81. The third-order valence-corrected chi connectivity index (χ3v) is 2.24. The maximum atomic E-state index is 10.4. The molecule has 0 saturated carbocycles. The van der Waals surface area contributed by atoms with Crippen molar-refractivity contribution in [3.8, 4) is 0 Å². The highest BCUT2D eigenvalue weighted by atomic mass is 16.4. The number of rotatable bonds is 5. The summed E-state index contributed by atoms with van der Waals surface area (Å²) < 4.78 is 0. The van der Waals surface area contributed by atoms with Crippen LogP contribution in [0, 0.1) is 0 Å². The number of aryl methyl sites for hydroxylation is 1. The predicted octanol–water partition coefficient (Wildman–Crippen LogP) is 3.13. The summed E-state index contributed by atoms with van der Waals surface area (Å²) in [6, 6.07) is 8.09. The molecular formula is C13H16O2. The van der Waals surface area contributed by atoms with Crippen molar-refractivity contribution in [2.24, 2.45) is 0 Å². The molecule has 0 aromatic heterocycles. The van der Waals surface area contributed by atoms with Crippen LogP contribution in [0.2, 0.25) is 0 Å². The fourth-order valence-electron chi connectivity index (χ4n) is 1.53. The van der Waals surface area contributed by atoms with Gasteiger partial charge in [0.1, 0.15) is 0 Å². The van der Waals surface area contributed by atoms with Gasteiger partial charge in [-0.3, -0.25) is 4.79 Å². The largest absolute Gasteiger partial charge is 0.481 e. The Morgan fingerprint density at radius 1 is 1.40 bits per heavy atom. The van der Waals surface area contributed by atoms with Crippen molar-refractivity contribution in [2.75, 3.05) is 0 Å². The lowest BCUT2D eigenvalue weighted by molar-refractivity contribution is -0.137. The fraction of sp³-hybridized carbons (Fsp3) is 0.308. The maximum absolute atomic E-state index is 10.4. The first kappa shape index (κ1) is 11.5. The second-order valence-corrected chi connectivity index (χ2v) is 3.45. The summed E-state index contributed by atoms with van der Waals surface area (Å²) >= 11 is 0. The van der Waals surface area contributed by atoms with Crippen molar-refractivity contribution in [2.45, 2.75) is 26.2 Å². The number of benzene rings is 1. The van der Waals surface area contributed by atoms with E-state index < -0.39 is 5.97 Å². The van der Waals surface area contributed by atoms with Crippen LogP contribution in [-0.4, -0.2) is 11.1 Å². The Balaban J connectivity index is 2.63. The number of allylic oxidation sites excluding steroid dienone is 1. The van der Waals surface area contributed by atoms with E-state index in [0.717, 1.165) is 6.42 Å². The van der Waals surface area contributed by atoms with E-state index in [1.165, 1.54) is 11.1 Å². The van der Waals surface area contributed by atoms with Gasteiger partial charge in [-0.25, -0.2) is 0 Å². The highest BCUT2D eigenvalue weighted by Gasteiger charge is 2.00. The Bertz CT molecular complexity index is 353. The number of hydrogen-bond donors (Lipinski definition) is 1. The van der Waals surface area contributed by atoms with Gasteiger partial charge in [0.15, 0.2) is 0 Å². The molecule has 0 aliphatic heterocycles. The van der Waals surface area contributed by atoms with Gasteiger partial charge in [0.05, 0.1) is 0 Å². The first-order valence-electron chi connectivity index (χ1n) is 5.16. The maximum Gasteiger partial charge on any atom is 0.303 e. The number of carboxylic acids is 1. The third kappa shape index (κ3) is 3.98. The molecule has 1 aromatic rings. The van der Waals surface area contributed by atoms with Crippen LogP contribution in [0.4, 0.5) is 0 Å². The standard InChI is InChI=1S/C13H16O2/c1-2-6-11-7-3-4-8-12(11)9-5-10-13(14)15/h2-4,6-8H,5,9-10H2,1H3,(H,14,15). The molecule has 2 heteroatoms. The molecule has 0 spiro atoms. The van der Waals surface area contributed by atoms with Gasteiger partial charge < -0.3 is 5.11 Å². The van der Waals surface area contributed by atoms with Gasteiger partial charge in [-0.05, 0) is 30.9 Å². The van der Waals surface area contributed by atoms with Crippen LogP contribution in [0.3, 0.4) is 0 Å². The summed E-state index contributed by atoms with van der Waals surface area (Å²) in [5.41, 5.74) is 2.40. The topological polar surface area (TPSA) is 37.3 Å².